The van der Waals surface area contributed by atoms with Crippen LogP contribution in [0.4, 0.5) is 0 Å². The molecule has 2 rings (SSSR count). The molecule has 0 spiro atoms. The normalized spacial score (nSPS) is 12.0. The van der Waals surface area contributed by atoms with Crippen LogP contribution in [0.15, 0.2) is 42.5 Å². The Morgan fingerprint density at radius 2 is 1.90 bits per heavy atom. The fourth-order valence-corrected chi connectivity index (χ4v) is 2.01. The van der Waals surface area contributed by atoms with Gasteiger partial charge in [0.15, 0.2) is 0 Å². The molecule has 0 bridgehead atoms. The molecule has 0 heterocycles. The van der Waals surface area contributed by atoms with E-state index >= 15 is 0 Å². The molecule has 1 unspecified atom stereocenters. The molecule has 0 aromatic heterocycles. The molecule has 1 N–H and O–H groups in total. The number of halogens is 1. The molecule has 2 aromatic carbocycles. The maximum atomic E-state index is 9.51. The lowest BCUT2D eigenvalue weighted by atomic mass is 10.1. The van der Waals surface area contributed by atoms with Crippen LogP contribution < -0.4 is 9.47 Å². The van der Waals surface area contributed by atoms with Gasteiger partial charge >= 0.3 is 0 Å². The van der Waals surface area contributed by atoms with Gasteiger partial charge in [0, 0.05) is 6.07 Å². The molecule has 3 nitrogen and oxygen atoms in total. The number of benzene rings is 2. The van der Waals surface area contributed by atoms with Crippen LogP contribution in [0.1, 0.15) is 25.5 Å². The number of rotatable bonds is 5. The van der Waals surface area contributed by atoms with Gasteiger partial charge in [0.1, 0.15) is 17.2 Å². The van der Waals surface area contributed by atoms with E-state index in [0.29, 0.717) is 23.1 Å². The number of aliphatic hydroxyl groups is 1. The summed E-state index contributed by atoms with van der Waals surface area (Å²) < 4.78 is 11.2. The van der Waals surface area contributed by atoms with Gasteiger partial charge < -0.3 is 14.6 Å². The van der Waals surface area contributed by atoms with E-state index in [2.05, 4.69) is 0 Å². The van der Waals surface area contributed by atoms with Crippen LogP contribution in [0.2, 0.25) is 5.02 Å². The van der Waals surface area contributed by atoms with Gasteiger partial charge in [0.2, 0.25) is 0 Å². The molecule has 0 saturated heterocycles. The summed E-state index contributed by atoms with van der Waals surface area (Å²) in [4.78, 5) is 0. The average Bonchev–Trinajstić information content (AvgIpc) is 2.42. The molecule has 106 valence electrons. The summed E-state index contributed by atoms with van der Waals surface area (Å²) in [5.41, 5.74) is 0.755. The standard InChI is InChI=1S/C16H17ClO3/c1-3-19-13-5-4-6-14(10-13)20-16-8-7-12(11(2)18)9-15(16)17/h4-11,18H,3H2,1-2H3. The summed E-state index contributed by atoms with van der Waals surface area (Å²) in [6.07, 6.45) is -0.553. The van der Waals surface area contributed by atoms with Gasteiger partial charge in [0.05, 0.1) is 17.7 Å². The molecular weight excluding hydrogens is 276 g/mol. The van der Waals surface area contributed by atoms with E-state index in [1.807, 2.05) is 31.2 Å². The van der Waals surface area contributed by atoms with Gasteiger partial charge in [-0.1, -0.05) is 23.7 Å². The Morgan fingerprint density at radius 3 is 2.55 bits per heavy atom. The highest BCUT2D eigenvalue weighted by Crippen LogP contribution is 2.32. The molecule has 0 radical (unpaired) electrons. The minimum absolute atomic E-state index is 0.463. The van der Waals surface area contributed by atoms with Crippen molar-refractivity contribution < 1.29 is 14.6 Å². The van der Waals surface area contributed by atoms with Crippen molar-refractivity contribution in [2.24, 2.45) is 0 Å². The average molecular weight is 293 g/mol. The van der Waals surface area contributed by atoms with Crippen LogP contribution in [-0.4, -0.2) is 11.7 Å². The van der Waals surface area contributed by atoms with Crippen LogP contribution in [0.5, 0.6) is 17.2 Å². The quantitative estimate of drug-likeness (QED) is 0.876. The van der Waals surface area contributed by atoms with Crippen molar-refractivity contribution in [3.8, 4) is 17.2 Å². The maximum Gasteiger partial charge on any atom is 0.146 e. The molecule has 0 amide bonds. The SMILES string of the molecule is CCOc1cccc(Oc2ccc(C(C)O)cc2Cl)c1. The van der Waals surface area contributed by atoms with E-state index in [1.165, 1.54) is 0 Å². The third-order valence-corrected chi connectivity index (χ3v) is 3.08. The summed E-state index contributed by atoms with van der Waals surface area (Å²) in [7, 11) is 0. The van der Waals surface area contributed by atoms with Crippen LogP contribution in [0.3, 0.4) is 0 Å². The summed E-state index contributed by atoms with van der Waals surface area (Å²) in [6.45, 7) is 4.23. The molecule has 4 heteroatoms. The molecule has 0 aliphatic rings. The van der Waals surface area contributed by atoms with E-state index in [4.69, 9.17) is 21.1 Å². The number of hydrogen-bond donors (Lipinski definition) is 1. The minimum Gasteiger partial charge on any atom is -0.494 e. The molecular formula is C16H17ClO3. The first kappa shape index (κ1) is 14.7. The Kier molecular flexibility index (Phi) is 4.88. The van der Waals surface area contributed by atoms with Gasteiger partial charge in [-0.05, 0) is 43.7 Å². The van der Waals surface area contributed by atoms with Gasteiger partial charge in [-0.2, -0.15) is 0 Å². The Balaban J connectivity index is 2.19. The molecule has 0 saturated carbocycles. The molecule has 1 atom stereocenters. The number of ether oxygens (including phenoxy) is 2. The van der Waals surface area contributed by atoms with Gasteiger partial charge in [0.25, 0.3) is 0 Å². The Bertz CT molecular complexity index is 582. The predicted molar refractivity (Wildman–Crippen MR) is 79.8 cm³/mol. The molecule has 0 aliphatic heterocycles. The summed E-state index contributed by atoms with van der Waals surface area (Å²) in [5, 5.41) is 9.97. The third-order valence-electron chi connectivity index (χ3n) is 2.78. The Hall–Kier alpha value is -1.71. The van der Waals surface area contributed by atoms with Crippen molar-refractivity contribution in [1.82, 2.24) is 0 Å². The van der Waals surface area contributed by atoms with Crippen molar-refractivity contribution >= 4 is 11.6 Å². The summed E-state index contributed by atoms with van der Waals surface area (Å²) in [5.74, 6) is 1.95. The smallest absolute Gasteiger partial charge is 0.146 e. The predicted octanol–water partition coefficient (Wildman–Crippen LogP) is 4.58. The van der Waals surface area contributed by atoms with Crippen molar-refractivity contribution in [1.29, 1.82) is 0 Å². The molecule has 20 heavy (non-hydrogen) atoms. The monoisotopic (exact) mass is 292 g/mol. The summed E-state index contributed by atoms with van der Waals surface area (Å²) >= 11 is 6.16. The molecule has 0 aliphatic carbocycles. The highest BCUT2D eigenvalue weighted by molar-refractivity contribution is 6.32. The van der Waals surface area contributed by atoms with Crippen molar-refractivity contribution in [3.05, 3.63) is 53.1 Å². The van der Waals surface area contributed by atoms with E-state index < -0.39 is 6.10 Å². The highest BCUT2D eigenvalue weighted by atomic mass is 35.5. The summed E-state index contributed by atoms with van der Waals surface area (Å²) in [6, 6.07) is 12.6. The van der Waals surface area contributed by atoms with Crippen molar-refractivity contribution in [3.63, 3.8) is 0 Å². The van der Waals surface area contributed by atoms with Crippen molar-refractivity contribution in [2.45, 2.75) is 20.0 Å². The lowest BCUT2D eigenvalue weighted by molar-refractivity contribution is 0.199. The lowest BCUT2D eigenvalue weighted by Crippen LogP contribution is -1.93. The zero-order chi connectivity index (χ0) is 14.5. The lowest BCUT2D eigenvalue weighted by Gasteiger charge is -2.11. The van der Waals surface area contributed by atoms with Gasteiger partial charge in [-0.3, -0.25) is 0 Å². The van der Waals surface area contributed by atoms with Crippen LogP contribution in [-0.2, 0) is 0 Å². The van der Waals surface area contributed by atoms with Crippen LogP contribution >= 0.6 is 11.6 Å². The van der Waals surface area contributed by atoms with Crippen LogP contribution in [0, 0.1) is 0 Å². The maximum absolute atomic E-state index is 9.51. The Morgan fingerprint density at radius 1 is 1.15 bits per heavy atom. The van der Waals surface area contributed by atoms with Gasteiger partial charge in [-0.15, -0.1) is 0 Å². The molecule has 2 aromatic rings. The second-order valence-corrected chi connectivity index (χ2v) is 4.78. The first-order chi connectivity index (χ1) is 9.60. The largest absolute Gasteiger partial charge is 0.494 e. The first-order valence-electron chi connectivity index (χ1n) is 6.48. The minimum atomic E-state index is -0.553. The Labute approximate surface area is 123 Å². The van der Waals surface area contributed by atoms with E-state index in [1.54, 1.807) is 25.1 Å². The van der Waals surface area contributed by atoms with Crippen molar-refractivity contribution in [2.75, 3.05) is 6.61 Å². The zero-order valence-electron chi connectivity index (χ0n) is 11.5. The second-order valence-electron chi connectivity index (χ2n) is 4.38. The highest BCUT2D eigenvalue weighted by Gasteiger charge is 2.08. The van der Waals surface area contributed by atoms with E-state index in [9.17, 15) is 5.11 Å². The van der Waals surface area contributed by atoms with Gasteiger partial charge in [-0.25, -0.2) is 0 Å². The van der Waals surface area contributed by atoms with E-state index in [-0.39, 0.29) is 0 Å². The second kappa shape index (κ2) is 6.64. The zero-order valence-corrected chi connectivity index (χ0v) is 12.2. The van der Waals surface area contributed by atoms with E-state index in [0.717, 1.165) is 11.3 Å². The fraction of sp³-hybridized carbons (Fsp3) is 0.250. The fourth-order valence-electron chi connectivity index (χ4n) is 1.78. The molecule has 0 fully saturated rings. The third kappa shape index (κ3) is 3.65. The number of hydrogen-bond acceptors (Lipinski definition) is 3. The van der Waals surface area contributed by atoms with Crippen LogP contribution in [0.25, 0.3) is 0 Å². The topological polar surface area (TPSA) is 38.7 Å². The number of aliphatic hydroxyl groups excluding tert-OH is 1. The first-order valence-corrected chi connectivity index (χ1v) is 6.86.